The van der Waals surface area contributed by atoms with E-state index in [0.717, 1.165) is 18.4 Å². The van der Waals surface area contributed by atoms with Gasteiger partial charge in [-0.25, -0.2) is 4.79 Å². The zero-order valence-corrected chi connectivity index (χ0v) is 10.0. The average Bonchev–Trinajstić information content (AvgIpc) is 2.28. The van der Waals surface area contributed by atoms with Crippen LogP contribution in [0.5, 0.6) is 0 Å². The molecule has 0 fully saturated rings. The SMILES string of the molecule is CCCCOC(=O)C=Cc1ccccc1Cl. The molecule has 0 amide bonds. The van der Waals surface area contributed by atoms with Crippen molar-refractivity contribution in [1.29, 1.82) is 0 Å². The molecule has 1 aromatic rings. The monoisotopic (exact) mass is 238 g/mol. The number of benzene rings is 1. The van der Waals surface area contributed by atoms with E-state index in [4.69, 9.17) is 16.3 Å². The normalized spacial score (nSPS) is 10.6. The lowest BCUT2D eigenvalue weighted by molar-refractivity contribution is -0.137. The van der Waals surface area contributed by atoms with Crippen LogP contribution in [-0.2, 0) is 9.53 Å². The maximum absolute atomic E-state index is 11.3. The molecule has 0 bridgehead atoms. The molecule has 0 aliphatic heterocycles. The molecule has 1 rings (SSSR count). The Morgan fingerprint density at radius 1 is 1.44 bits per heavy atom. The Morgan fingerprint density at radius 2 is 2.19 bits per heavy atom. The molecular formula is C13H15ClO2. The molecule has 86 valence electrons. The summed E-state index contributed by atoms with van der Waals surface area (Å²) < 4.78 is 4.98. The van der Waals surface area contributed by atoms with E-state index >= 15 is 0 Å². The van der Waals surface area contributed by atoms with Crippen molar-refractivity contribution in [1.82, 2.24) is 0 Å². The smallest absolute Gasteiger partial charge is 0.330 e. The highest BCUT2D eigenvalue weighted by atomic mass is 35.5. The van der Waals surface area contributed by atoms with Crippen LogP contribution < -0.4 is 0 Å². The van der Waals surface area contributed by atoms with Gasteiger partial charge in [0.2, 0.25) is 0 Å². The van der Waals surface area contributed by atoms with E-state index in [-0.39, 0.29) is 5.97 Å². The van der Waals surface area contributed by atoms with Crippen molar-refractivity contribution >= 4 is 23.6 Å². The largest absolute Gasteiger partial charge is 0.463 e. The minimum Gasteiger partial charge on any atom is -0.463 e. The number of carbonyl (C=O) groups excluding carboxylic acids is 1. The van der Waals surface area contributed by atoms with Gasteiger partial charge in [0.05, 0.1) is 6.61 Å². The van der Waals surface area contributed by atoms with Crippen LogP contribution in [0.1, 0.15) is 25.3 Å². The lowest BCUT2D eigenvalue weighted by Gasteiger charge is -1.99. The zero-order chi connectivity index (χ0) is 11.8. The van der Waals surface area contributed by atoms with E-state index in [1.165, 1.54) is 6.08 Å². The van der Waals surface area contributed by atoms with Crippen LogP contribution in [0.3, 0.4) is 0 Å². The number of rotatable bonds is 5. The van der Waals surface area contributed by atoms with E-state index in [1.807, 2.05) is 25.1 Å². The van der Waals surface area contributed by atoms with E-state index in [1.54, 1.807) is 12.1 Å². The van der Waals surface area contributed by atoms with Gasteiger partial charge in [0.1, 0.15) is 0 Å². The Kier molecular flexibility index (Phi) is 5.65. The predicted molar refractivity (Wildman–Crippen MR) is 66.4 cm³/mol. The fraction of sp³-hybridized carbons (Fsp3) is 0.308. The van der Waals surface area contributed by atoms with Gasteiger partial charge in [-0.2, -0.15) is 0 Å². The summed E-state index contributed by atoms with van der Waals surface area (Å²) in [5, 5.41) is 0.625. The molecule has 0 aliphatic carbocycles. The lowest BCUT2D eigenvalue weighted by atomic mass is 10.2. The van der Waals surface area contributed by atoms with Crippen LogP contribution in [0.25, 0.3) is 6.08 Å². The Morgan fingerprint density at radius 3 is 2.88 bits per heavy atom. The van der Waals surface area contributed by atoms with Crippen LogP contribution in [0.15, 0.2) is 30.3 Å². The second-order valence-electron chi connectivity index (χ2n) is 3.38. The van der Waals surface area contributed by atoms with Gasteiger partial charge in [0.15, 0.2) is 0 Å². The number of esters is 1. The third kappa shape index (κ3) is 4.49. The third-order valence-electron chi connectivity index (χ3n) is 2.05. The van der Waals surface area contributed by atoms with Gasteiger partial charge in [0, 0.05) is 11.1 Å². The summed E-state index contributed by atoms with van der Waals surface area (Å²) in [6.07, 6.45) is 4.97. The van der Waals surface area contributed by atoms with Crippen molar-refractivity contribution in [2.45, 2.75) is 19.8 Å². The van der Waals surface area contributed by atoms with Gasteiger partial charge >= 0.3 is 5.97 Å². The maximum Gasteiger partial charge on any atom is 0.330 e. The van der Waals surface area contributed by atoms with Crippen LogP contribution in [-0.4, -0.2) is 12.6 Å². The highest BCUT2D eigenvalue weighted by Gasteiger charge is 1.97. The first-order chi connectivity index (χ1) is 7.74. The van der Waals surface area contributed by atoms with E-state index in [9.17, 15) is 4.79 Å². The summed E-state index contributed by atoms with van der Waals surface area (Å²) >= 11 is 5.93. The van der Waals surface area contributed by atoms with Gasteiger partial charge in [-0.05, 0) is 24.1 Å². The van der Waals surface area contributed by atoms with Gasteiger partial charge < -0.3 is 4.74 Å². The van der Waals surface area contributed by atoms with Crippen molar-refractivity contribution in [3.63, 3.8) is 0 Å². The molecule has 0 radical (unpaired) electrons. The van der Waals surface area contributed by atoms with Gasteiger partial charge in [-0.15, -0.1) is 0 Å². The zero-order valence-electron chi connectivity index (χ0n) is 9.28. The van der Waals surface area contributed by atoms with Crippen molar-refractivity contribution < 1.29 is 9.53 Å². The second-order valence-corrected chi connectivity index (χ2v) is 3.78. The first-order valence-electron chi connectivity index (χ1n) is 5.33. The molecule has 0 heterocycles. The number of hydrogen-bond donors (Lipinski definition) is 0. The van der Waals surface area contributed by atoms with Crippen LogP contribution in [0.2, 0.25) is 5.02 Å². The van der Waals surface area contributed by atoms with E-state index in [2.05, 4.69) is 0 Å². The number of carbonyl (C=O) groups is 1. The van der Waals surface area contributed by atoms with Crippen molar-refractivity contribution in [3.8, 4) is 0 Å². The molecule has 0 saturated carbocycles. The number of ether oxygens (including phenoxy) is 1. The van der Waals surface area contributed by atoms with Crippen LogP contribution >= 0.6 is 11.6 Å². The standard InChI is InChI=1S/C13H15ClO2/c1-2-3-10-16-13(15)9-8-11-6-4-5-7-12(11)14/h4-9H,2-3,10H2,1H3. The topological polar surface area (TPSA) is 26.3 Å². The molecule has 1 aromatic carbocycles. The molecule has 0 spiro atoms. The van der Waals surface area contributed by atoms with E-state index in [0.29, 0.717) is 11.6 Å². The summed E-state index contributed by atoms with van der Waals surface area (Å²) in [4.78, 5) is 11.3. The average molecular weight is 239 g/mol. The molecular weight excluding hydrogens is 224 g/mol. The highest BCUT2D eigenvalue weighted by Crippen LogP contribution is 2.16. The maximum atomic E-state index is 11.3. The molecule has 2 nitrogen and oxygen atoms in total. The Balaban J connectivity index is 2.47. The molecule has 0 N–H and O–H groups in total. The van der Waals surface area contributed by atoms with Crippen LogP contribution in [0, 0.1) is 0 Å². The minimum absolute atomic E-state index is 0.326. The predicted octanol–water partition coefficient (Wildman–Crippen LogP) is 3.70. The summed E-state index contributed by atoms with van der Waals surface area (Å²) in [5.74, 6) is -0.326. The first kappa shape index (κ1) is 12.8. The van der Waals surface area contributed by atoms with Gasteiger partial charge in [0.25, 0.3) is 0 Å². The summed E-state index contributed by atoms with van der Waals surface area (Å²) in [6, 6.07) is 7.34. The second kappa shape index (κ2) is 7.07. The Bertz CT molecular complexity index is 372. The fourth-order valence-corrected chi connectivity index (χ4v) is 1.33. The van der Waals surface area contributed by atoms with Crippen LogP contribution in [0.4, 0.5) is 0 Å². The summed E-state index contributed by atoms with van der Waals surface area (Å²) in [7, 11) is 0. The van der Waals surface area contributed by atoms with Crippen molar-refractivity contribution in [2.24, 2.45) is 0 Å². The van der Waals surface area contributed by atoms with Crippen molar-refractivity contribution in [3.05, 3.63) is 40.9 Å². The molecule has 0 unspecified atom stereocenters. The number of hydrogen-bond acceptors (Lipinski definition) is 2. The molecule has 0 atom stereocenters. The van der Waals surface area contributed by atoms with Gasteiger partial charge in [-0.1, -0.05) is 43.1 Å². The lowest BCUT2D eigenvalue weighted by Crippen LogP contribution is -2.01. The minimum atomic E-state index is -0.326. The third-order valence-corrected chi connectivity index (χ3v) is 2.39. The van der Waals surface area contributed by atoms with Crippen molar-refractivity contribution in [2.75, 3.05) is 6.61 Å². The fourth-order valence-electron chi connectivity index (χ4n) is 1.13. The van der Waals surface area contributed by atoms with Gasteiger partial charge in [-0.3, -0.25) is 0 Å². The molecule has 16 heavy (non-hydrogen) atoms. The first-order valence-corrected chi connectivity index (χ1v) is 5.71. The number of halogens is 1. The van der Waals surface area contributed by atoms with E-state index < -0.39 is 0 Å². The number of unbranched alkanes of at least 4 members (excludes halogenated alkanes) is 1. The molecule has 0 aliphatic rings. The Hall–Kier alpha value is -1.28. The Labute approximate surface area is 101 Å². The highest BCUT2D eigenvalue weighted by molar-refractivity contribution is 6.32. The quantitative estimate of drug-likeness (QED) is 0.444. The molecule has 0 aromatic heterocycles. The summed E-state index contributed by atoms with van der Waals surface area (Å²) in [5.41, 5.74) is 0.816. The molecule has 3 heteroatoms. The molecule has 0 saturated heterocycles. The summed E-state index contributed by atoms with van der Waals surface area (Å²) in [6.45, 7) is 2.52.